The Morgan fingerprint density at radius 1 is 1.33 bits per heavy atom. The normalized spacial score (nSPS) is 20.4. The van der Waals surface area contributed by atoms with Gasteiger partial charge in [0.2, 0.25) is 0 Å². The molecule has 0 saturated heterocycles. The lowest BCUT2D eigenvalue weighted by Crippen LogP contribution is -2.38. The molecule has 1 N–H and O–H groups in total. The van der Waals surface area contributed by atoms with Crippen LogP contribution >= 0.6 is 0 Å². The highest BCUT2D eigenvalue weighted by Gasteiger charge is 2.29. The number of hydrogen-bond donors (Lipinski definition) is 1. The lowest BCUT2D eigenvalue weighted by molar-refractivity contribution is 0.0878. The smallest absolute Gasteiger partial charge is 0.0954 e. The summed E-state index contributed by atoms with van der Waals surface area (Å²) in [6, 6.07) is 2.59. The highest BCUT2D eigenvalue weighted by molar-refractivity contribution is 5.18. The fourth-order valence-electron chi connectivity index (χ4n) is 3.19. The van der Waals surface area contributed by atoms with Crippen molar-refractivity contribution >= 4 is 0 Å². The molecule has 1 saturated carbocycles. The van der Waals surface area contributed by atoms with Gasteiger partial charge in [-0.25, -0.2) is 4.98 Å². The number of β-amino-alcohol motifs (C(OH)–C–C–N with tert-alkyl or cyclic N) is 1. The first-order valence-corrected chi connectivity index (χ1v) is 7.72. The zero-order chi connectivity index (χ0) is 14.2. The average molecular weight is 287 g/mol. The third-order valence-electron chi connectivity index (χ3n) is 4.39. The van der Waals surface area contributed by atoms with Crippen molar-refractivity contribution in [3.05, 3.63) is 36.2 Å². The number of rotatable bonds is 5. The molecule has 0 radical (unpaired) electrons. The van der Waals surface area contributed by atoms with Crippen LogP contribution in [0.1, 0.15) is 30.3 Å². The van der Waals surface area contributed by atoms with Crippen molar-refractivity contribution in [2.45, 2.75) is 44.5 Å². The van der Waals surface area contributed by atoms with Gasteiger partial charge in [0.25, 0.3) is 0 Å². The highest BCUT2D eigenvalue weighted by atomic mass is 16.3. The monoisotopic (exact) mass is 287 g/mol. The Morgan fingerprint density at radius 2 is 2.24 bits per heavy atom. The quantitative estimate of drug-likeness (QED) is 0.885. The number of aromatic nitrogens is 4. The van der Waals surface area contributed by atoms with Crippen LogP contribution in [0.4, 0.5) is 0 Å². The minimum Gasteiger partial charge on any atom is -0.390 e. The Kier molecular flexibility index (Phi) is 3.27. The Balaban J connectivity index is 1.37. The summed E-state index contributed by atoms with van der Waals surface area (Å²) in [5.41, 5.74) is 2.61. The van der Waals surface area contributed by atoms with Crippen LogP contribution in [0.3, 0.4) is 0 Å². The number of aliphatic hydroxyl groups is 1. The van der Waals surface area contributed by atoms with Gasteiger partial charge in [0.1, 0.15) is 0 Å². The van der Waals surface area contributed by atoms with E-state index in [9.17, 15) is 5.11 Å². The lowest BCUT2D eigenvalue weighted by atomic mass is 10.1. The first kappa shape index (κ1) is 13.0. The molecular formula is C15H21N5O. The van der Waals surface area contributed by atoms with E-state index in [4.69, 9.17) is 0 Å². The third kappa shape index (κ3) is 2.73. The zero-order valence-corrected chi connectivity index (χ0v) is 12.1. The summed E-state index contributed by atoms with van der Waals surface area (Å²) in [4.78, 5) is 6.87. The van der Waals surface area contributed by atoms with E-state index in [2.05, 4.69) is 19.5 Å². The zero-order valence-electron chi connectivity index (χ0n) is 12.1. The van der Waals surface area contributed by atoms with E-state index >= 15 is 0 Å². The highest BCUT2D eigenvalue weighted by Crippen LogP contribution is 2.37. The number of hydrogen-bond acceptors (Lipinski definition) is 4. The third-order valence-corrected chi connectivity index (χ3v) is 4.39. The van der Waals surface area contributed by atoms with Gasteiger partial charge < -0.3 is 9.67 Å². The van der Waals surface area contributed by atoms with Crippen molar-refractivity contribution in [1.29, 1.82) is 0 Å². The lowest BCUT2D eigenvalue weighted by Gasteiger charge is -2.28. The van der Waals surface area contributed by atoms with Gasteiger partial charge in [-0.05, 0) is 18.9 Å². The summed E-state index contributed by atoms with van der Waals surface area (Å²) in [6.45, 7) is 3.08. The molecule has 6 nitrogen and oxygen atoms in total. The first-order chi connectivity index (χ1) is 10.3. The maximum absolute atomic E-state index is 10.2. The molecule has 0 aromatic carbocycles. The molecule has 6 heteroatoms. The molecule has 1 atom stereocenters. The van der Waals surface area contributed by atoms with Gasteiger partial charge >= 0.3 is 0 Å². The number of aliphatic hydroxyl groups excluding tert-OH is 1. The van der Waals surface area contributed by atoms with Gasteiger partial charge in [-0.3, -0.25) is 9.58 Å². The maximum atomic E-state index is 10.2. The largest absolute Gasteiger partial charge is 0.390 e. The summed E-state index contributed by atoms with van der Waals surface area (Å²) in [7, 11) is 0. The second-order valence-electron chi connectivity index (χ2n) is 6.14. The molecule has 1 unspecified atom stereocenters. The van der Waals surface area contributed by atoms with Crippen LogP contribution in [0.25, 0.3) is 0 Å². The van der Waals surface area contributed by atoms with Crippen LogP contribution in [0.15, 0.2) is 24.8 Å². The van der Waals surface area contributed by atoms with Gasteiger partial charge in [-0.15, -0.1) is 0 Å². The molecule has 1 aliphatic heterocycles. The van der Waals surface area contributed by atoms with E-state index < -0.39 is 6.10 Å². The molecule has 112 valence electrons. The molecule has 1 aliphatic carbocycles. The Morgan fingerprint density at radius 3 is 3.00 bits per heavy atom. The minimum absolute atomic E-state index is 0.392. The standard InChI is InChI=1S/C15H21N5O/c21-13(9-19-6-1-5-17-19)8-18-7-4-15-14(10-18)16-11-20(15)12-2-3-12/h1,5-6,11-13,21H,2-4,7-10H2. The number of fused-ring (bicyclic) bond motifs is 1. The van der Waals surface area contributed by atoms with Crippen molar-refractivity contribution in [3.8, 4) is 0 Å². The molecule has 2 aromatic heterocycles. The predicted octanol–water partition coefficient (Wildman–Crippen LogP) is 0.834. The molecule has 0 bridgehead atoms. The Labute approximate surface area is 124 Å². The van der Waals surface area contributed by atoms with Crippen LogP contribution in [0.2, 0.25) is 0 Å². The van der Waals surface area contributed by atoms with Crippen molar-refractivity contribution in [2.75, 3.05) is 13.1 Å². The van der Waals surface area contributed by atoms with E-state index in [0.717, 1.165) is 19.5 Å². The summed E-state index contributed by atoms with van der Waals surface area (Å²) in [6.07, 6.45) is 8.88. The van der Waals surface area contributed by atoms with Crippen LogP contribution < -0.4 is 0 Å². The van der Waals surface area contributed by atoms with Crippen LogP contribution in [-0.4, -0.2) is 48.5 Å². The van der Waals surface area contributed by atoms with Gasteiger partial charge in [-0.1, -0.05) is 0 Å². The van der Waals surface area contributed by atoms with E-state index in [1.165, 1.54) is 24.2 Å². The summed E-state index contributed by atoms with van der Waals surface area (Å²) < 4.78 is 4.15. The molecule has 2 aliphatic rings. The summed E-state index contributed by atoms with van der Waals surface area (Å²) in [5.74, 6) is 0. The maximum Gasteiger partial charge on any atom is 0.0954 e. The average Bonchev–Trinajstić information content (AvgIpc) is 3.02. The first-order valence-electron chi connectivity index (χ1n) is 7.72. The minimum atomic E-state index is -0.392. The van der Waals surface area contributed by atoms with Crippen LogP contribution in [-0.2, 0) is 19.5 Å². The van der Waals surface area contributed by atoms with Crippen molar-refractivity contribution in [3.63, 3.8) is 0 Å². The fraction of sp³-hybridized carbons (Fsp3) is 0.600. The Bertz CT molecular complexity index is 602. The van der Waals surface area contributed by atoms with Gasteiger partial charge in [-0.2, -0.15) is 5.10 Å². The van der Waals surface area contributed by atoms with E-state index in [-0.39, 0.29) is 0 Å². The molecule has 3 heterocycles. The SMILES string of the molecule is OC(CN1CCc2c(ncn2C2CC2)C1)Cn1cccn1. The topological polar surface area (TPSA) is 59.1 Å². The van der Waals surface area contributed by atoms with E-state index in [0.29, 0.717) is 19.1 Å². The van der Waals surface area contributed by atoms with Crippen molar-refractivity contribution < 1.29 is 5.11 Å². The molecule has 2 aromatic rings. The molecule has 4 rings (SSSR count). The molecule has 1 fully saturated rings. The van der Waals surface area contributed by atoms with Gasteiger partial charge in [0.15, 0.2) is 0 Å². The Hall–Kier alpha value is -1.66. The van der Waals surface area contributed by atoms with Gasteiger partial charge in [0.05, 0.1) is 24.7 Å². The molecule has 0 spiro atoms. The second kappa shape index (κ2) is 5.27. The predicted molar refractivity (Wildman–Crippen MR) is 77.7 cm³/mol. The van der Waals surface area contributed by atoms with Crippen LogP contribution in [0, 0.1) is 0 Å². The fourth-order valence-corrected chi connectivity index (χ4v) is 3.19. The second-order valence-corrected chi connectivity index (χ2v) is 6.14. The molecule has 21 heavy (non-hydrogen) atoms. The summed E-state index contributed by atoms with van der Waals surface area (Å²) >= 11 is 0. The van der Waals surface area contributed by atoms with E-state index in [1.54, 1.807) is 10.9 Å². The summed E-state index contributed by atoms with van der Waals surface area (Å²) in [5, 5.41) is 14.3. The van der Waals surface area contributed by atoms with E-state index in [1.807, 2.05) is 18.6 Å². The molecular weight excluding hydrogens is 266 g/mol. The van der Waals surface area contributed by atoms with Crippen molar-refractivity contribution in [1.82, 2.24) is 24.2 Å². The van der Waals surface area contributed by atoms with Gasteiger partial charge in [0, 0.05) is 50.2 Å². The van der Waals surface area contributed by atoms with Crippen LogP contribution in [0.5, 0.6) is 0 Å². The number of imidazole rings is 1. The molecule has 0 amide bonds. The number of nitrogens with zero attached hydrogens (tertiary/aromatic N) is 5. The van der Waals surface area contributed by atoms with Crippen molar-refractivity contribution in [2.24, 2.45) is 0 Å².